The highest BCUT2D eigenvalue weighted by Gasteiger charge is 2.37. The predicted molar refractivity (Wildman–Crippen MR) is 195 cm³/mol. The van der Waals surface area contributed by atoms with E-state index in [1.165, 1.54) is 17.4 Å². The second-order valence-corrected chi connectivity index (χ2v) is 14.1. The summed E-state index contributed by atoms with van der Waals surface area (Å²) in [7, 11) is 3.29. The zero-order valence-corrected chi connectivity index (χ0v) is 29.2. The van der Waals surface area contributed by atoms with Gasteiger partial charge in [-0.05, 0) is 73.2 Å². The van der Waals surface area contributed by atoms with Gasteiger partial charge in [0.1, 0.15) is 39.9 Å². The Bertz CT molecular complexity index is 2160. The monoisotopic (exact) mass is 707 g/mol. The number of fused-ring (bicyclic) bond motifs is 1. The molecule has 2 aliphatic rings. The summed E-state index contributed by atoms with van der Waals surface area (Å²) in [6, 6.07) is 23.0. The molecule has 8 rings (SSSR count). The molecule has 0 radical (unpaired) electrons. The first-order chi connectivity index (χ1) is 24.9. The van der Waals surface area contributed by atoms with E-state index in [0.29, 0.717) is 65.3 Å². The van der Waals surface area contributed by atoms with Gasteiger partial charge in [0.05, 0.1) is 31.0 Å². The molecule has 0 bridgehead atoms. The number of thiazole rings is 1. The molecular formula is C39H38FN5O5S. The van der Waals surface area contributed by atoms with Gasteiger partial charge in [-0.3, -0.25) is 4.79 Å². The lowest BCUT2D eigenvalue weighted by molar-refractivity contribution is -0.125. The molecular weight excluding hydrogens is 670 g/mol. The number of aryl methyl sites for hydroxylation is 1. The molecule has 1 saturated carbocycles. The number of primary amides is 1. The van der Waals surface area contributed by atoms with Gasteiger partial charge in [0.2, 0.25) is 0 Å². The molecule has 10 nitrogen and oxygen atoms in total. The summed E-state index contributed by atoms with van der Waals surface area (Å²) in [4.78, 5) is 24.2. The van der Waals surface area contributed by atoms with Crippen LogP contribution in [0, 0.1) is 11.7 Å². The number of aromatic nitrogens is 3. The molecule has 1 aliphatic carbocycles. The molecule has 0 saturated heterocycles. The number of ether oxygens (including phenoxy) is 4. The Labute approximate surface area is 298 Å². The quantitative estimate of drug-likeness (QED) is 0.139. The molecule has 262 valence electrons. The Morgan fingerprint density at radius 1 is 0.961 bits per heavy atom. The molecule has 0 spiro atoms. The van der Waals surface area contributed by atoms with Crippen LogP contribution >= 0.6 is 11.3 Å². The number of anilines is 1. The molecule has 2 N–H and O–H groups in total. The second kappa shape index (κ2) is 13.7. The van der Waals surface area contributed by atoms with Gasteiger partial charge in [0.15, 0.2) is 17.1 Å². The molecule has 6 aromatic rings. The fourth-order valence-corrected chi connectivity index (χ4v) is 7.66. The first kappa shape index (κ1) is 32.8. The van der Waals surface area contributed by atoms with Gasteiger partial charge in [-0.25, -0.2) is 14.4 Å². The van der Waals surface area contributed by atoms with E-state index in [-0.39, 0.29) is 5.92 Å². The van der Waals surface area contributed by atoms with Gasteiger partial charge in [-0.2, -0.15) is 0 Å². The van der Waals surface area contributed by atoms with Crippen LogP contribution in [0.15, 0.2) is 72.8 Å². The fourth-order valence-electron chi connectivity index (χ4n) is 6.64. The van der Waals surface area contributed by atoms with E-state index in [9.17, 15) is 4.79 Å². The number of methoxy groups -OCH3 is 2. The van der Waals surface area contributed by atoms with Crippen molar-refractivity contribution in [2.75, 3.05) is 25.7 Å². The number of benzene rings is 4. The number of imidazole rings is 1. The second-order valence-electron chi connectivity index (χ2n) is 13.1. The number of hydrogen-bond acceptors (Lipinski definition) is 9. The van der Waals surface area contributed by atoms with Crippen molar-refractivity contribution in [2.45, 2.75) is 51.4 Å². The Kier molecular flexibility index (Phi) is 8.85. The lowest BCUT2D eigenvalue weighted by atomic mass is 10.1. The Balaban J connectivity index is 1.17. The zero-order chi connectivity index (χ0) is 35.1. The maximum absolute atomic E-state index is 16.1. The van der Waals surface area contributed by atoms with Crippen molar-refractivity contribution in [1.82, 2.24) is 14.5 Å². The summed E-state index contributed by atoms with van der Waals surface area (Å²) in [5.74, 6) is 2.51. The average Bonchev–Trinajstić information content (AvgIpc) is 3.76. The highest BCUT2D eigenvalue weighted by molar-refractivity contribution is 7.22. The van der Waals surface area contributed by atoms with E-state index in [1.54, 1.807) is 14.2 Å². The van der Waals surface area contributed by atoms with E-state index in [1.807, 2.05) is 66.7 Å². The van der Waals surface area contributed by atoms with Gasteiger partial charge in [-0.1, -0.05) is 35.6 Å². The van der Waals surface area contributed by atoms with Crippen molar-refractivity contribution < 1.29 is 28.1 Å². The Morgan fingerprint density at radius 3 is 2.27 bits per heavy atom. The number of carbonyl (C=O) groups excluding carboxylic acids is 1. The van der Waals surface area contributed by atoms with Crippen molar-refractivity contribution in [3.8, 4) is 34.4 Å². The van der Waals surface area contributed by atoms with Crippen molar-refractivity contribution in [1.29, 1.82) is 0 Å². The van der Waals surface area contributed by atoms with Crippen LogP contribution in [0.5, 0.6) is 23.0 Å². The minimum Gasteiger partial charge on any atom is -0.497 e. The van der Waals surface area contributed by atoms with Crippen LogP contribution in [0.4, 0.5) is 9.52 Å². The van der Waals surface area contributed by atoms with Crippen LogP contribution in [0.1, 0.15) is 36.8 Å². The molecule has 12 heteroatoms. The van der Waals surface area contributed by atoms with Crippen LogP contribution in [0.2, 0.25) is 0 Å². The summed E-state index contributed by atoms with van der Waals surface area (Å²) < 4.78 is 42.0. The first-order valence-electron chi connectivity index (χ1n) is 17.1. The molecule has 1 fully saturated rings. The molecule has 51 heavy (non-hydrogen) atoms. The summed E-state index contributed by atoms with van der Waals surface area (Å²) in [6.07, 6.45) is 2.84. The largest absolute Gasteiger partial charge is 0.497 e. The molecule has 1 aliphatic heterocycles. The number of rotatable bonds is 12. The van der Waals surface area contributed by atoms with Gasteiger partial charge in [0, 0.05) is 43.2 Å². The predicted octanol–water partition coefficient (Wildman–Crippen LogP) is 7.49. The highest BCUT2D eigenvalue weighted by atomic mass is 32.1. The summed E-state index contributed by atoms with van der Waals surface area (Å²) >= 11 is 1.45. The van der Waals surface area contributed by atoms with Gasteiger partial charge in [0.25, 0.3) is 5.91 Å². The third-order valence-electron chi connectivity index (χ3n) is 9.44. The highest BCUT2D eigenvalue weighted by Crippen LogP contribution is 2.41. The number of nitrogens with zero attached hydrogens (tertiary/aromatic N) is 4. The van der Waals surface area contributed by atoms with Crippen LogP contribution in [-0.4, -0.2) is 47.4 Å². The summed E-state index contributed by atoms with van der Waals surface area (Å²) in [5, 5.41) is 0.702. The maximum Gasteiger partial charge on any atom is 0.258 e. The van der Waals surface area contributed by atoms with E-state index in [4.69, 9.17) is 34.6 Å². The molecule has 1 amide bonds. The number of amides is 1. The van der Waals surface area contributed by atoms with Crippen LogP contribution in [-0.2, 0) is 24.4 Å². The normalized spacial score (nSPS) is 14.8. The molecule has 1 unspecified atom stereocenters. The van der Waals surface area contributed by atoms with Gasteiger partial charge < -0.3 is 34.1 Å². The topological polar surface area (TPSA) is 114 Å². The number of hydrogen-bond donors (Lipinski definition) is 1. The van der Waals surface area contributed by atoms with Gasteiger partial charge >= 0.3 is 0 Å². The number of carbonyl (C=O) groups is 1. The minimum absolute atomic E-state index is 0.122. The van der Waals surface area contributed by atoms with E-state index < -0.39 is 17.8 Å². The Morgan fingerprint density at radius 2 is 1.65 bits per heavy atom. The molecule has 2 aromatic heterocycles. The third-order valence-corrected chi connectivity index (χ3v) is 10.5. The van der Waals surface area contributed by atoms with Crippen molar-refractivity contribution in [2.24, 2.45) is 11.7 Å². The molecule has 3 heterocycles. The average molecular weight is 708 g/mol. The lowest BCUT2D eigenvalue weighted by Crippen LogP contribution is -2.35. The lowest BCUT2D eigenvalue weighted by Gasteiger charge is -2.22. The molecule has 4 aromatic carbocycles. The van der Waals surface area contributed by atoms with Gasteiger partial charge in [-0.15, -0.1) is 0 Å². The van der Waals surface area contributed by atoms with Crippen LogP contribution in [0.3, 0.4) is 0 Å². The fraction of sp³-hybridized carbons (Fsp3) is 0.308. The molecule has 1 atom stereocenters. The number of halogens is 1. The van der Waals surface area contributed by atoms with Crippen LogP contribution in [0.25, 0.3) is 32.6 Å². The van der Waals surface area contributed by atoms with Crippen molar-refractivity contribution in [3.63, 3.8) is 0 Å². The zero-order valence-electron chi connectivity index (χ0n) is 28.4. The number of nitrogens with two attached hydrogens (primary N) is 1. The van der Waals surface area contributed by atoms with E-state index >= 15 is 4.39 Å². The smallest absolute Gasteiger partial charge is 0.258 e. The summed E-state index contributed by atoms with van der Waals surface area (Å²) in [5.41, 5.74) is 10.2. The SMILES string of the molecule is COc1ccc(CN(Cc2ccc(OC)cc2)c2nc3c(F)cc(-c4nc5cc(OC(C(N)=O)C6CC6)cc6c5n4CCCCO6)cc3s2)cc1. The standard InChI is InChI=1S/C39H38FN5O5S/c1-47-27-11-5-23(6-12-27)21-44(22-24-7-13-28(48-2)14-8-24)39-43-34-30(40)17-26(18-33(34)51-39)38-42-31-19-29(50-36(37(41)46)25-9-10-25)20-32-35(31)45(38)15-3-4-16-49-32/h5-8,11-14,17-20,25,36H,3-4,9-10,15-16,21-22H2,1-2H3,(H2,41,46). The van der Waals surface area contributed by atoms with Crippen LogP contribution < -0.4 is 29.6 Å². The van der Waals surface area contributed by atoms with E-state index in [0.717, 1.165) is 58.5 Å². The minimum atomic E-state index is -0.698. The van der Waals surface area contributed by atoms with Crippen molar-refractivity contribution in [3.05, 3.63) is 89.7 Å². The Hall–Kier alpha value is -5.36. The van der Waals surface area contributed by atoms with Crippen molar-refractivity contribution >= 4 is 43.6 Å². The maximum atomic E-state index is 16.1. The van der Waals surface area contributed by atoms with E-state index in [2.05, 4.69) is 9.47 Å². The first-order valence-corrected chi connectivity index (χ1v) is 17.9. The summed E-state index contributed by atoms with van der Waals surface area (Å²) in [6.45, 7) is 2.36. The third kappa shape index (κ3) is 6.75.